The maximum absolute atomic E-state index is 11.8. The first kappa shape index (κ1) is 15.5. The molecule has 2 rings (SSSR count). The Morgan fingerprint density at radius 1 is 1.48 bits per heavy atom. The van der Waals surface area contributed by atoms with Gasteiger partial charge in [-0.1, -0.05) is 25.9 Å². The Labute approximate surface area is 123 Å². The number of carboxylic acids is 1. The van der Waals surface area contributed by atoms with Crippen LogP contribution in [0, 0.1) is 5.92 Å². The fourth-order valence-corrected chi connectivity index (χ4v) is 1.96. The van der Waals surface area contributed by atoms with Crippen molar-refractivity contribution in [3.05, 3.63) is 11.8 Å². The zero-order valence-corrected chi connectivity index (χ0v) is 12.5. The molecule has 0 spiro atoms. The number of rotatable bonds is 6. The van der Waals surface area contributed by atoms with Crippen molar-refractivity contribution in [2.45, 2.75) is 45.1 Å². The summed E-state index contributed by atoms with van der Waals surface area (Å²) in [6.07, 6.45) is 1.78. The van der Waals surface area contributed by atoms with Crippen LogP contribution < -0.4 is 10.6 Å². The van der Waals surface area contributed by atoms with Gasteiger partial charge < -0.3 is 9.63 Å². The van der Waals surface area contributed by atoms with Gasteiger partial charge in [0.1, 0.15) is 6.04 Å². The largest absolute Gasteiger partial charge is 0.480 e. The molecular formula is C14H21N3O4. The van der Waals surface area contributed by atoms with E-state index in [-0.39, 0.29) is 29.7 Å². The normalized spacial score (nSPS) is 16.5. The number of aliphatic carboxylic acids is 1. The average Bonchev–Trinajstić information content (AvgIpc) is 3.06. The van der Waals surface area contributed by atoms with Gasteiger partial charge in [-0.15, -0.1) is 0 Å². The smallest absolute Gasteiger partial charge is 0.320 e. The van der Waals surface area contributed by atoms with E-state index in [1.54, 1.807) is 6.07 Å². The van der Waals surface area contributed by atoms with E-state index in [9.17, 15) is 9.59 Å². The van der Waals surface area contributed by atoms with Crippen molar-refractivity contribution >= 4 is 17.8 Å². The first-order valence-electron chi connectivity index (χ1n) is 7.00. The molecule has 1 heterocycles. The first-order valence-corrected chi connectivity index (χ1v) is 7.00. The van der Waals surface area contributed by atoms with E-state index in [4.69, 9.17) is 9.63 Å². The van der Waals surface area contributed by atoms with Crippen LogP contribution >= 0.6 is 0 Å². The van der Waals surface area contributed by atoms with Crippen LogP contribution in [0.4, 0.5) is 5.88 Å². The molecule has 0 aliphatic heterocycles. The van der Waals surface area contributed by atoms with Crippen molar-refractivity contribution in [1.82, 2.24) is 10.5 Å². The highest BCUT2D eigenvalue weighted by atomic mass is 16.5. The van der Waals surface area contributed by atoms with E-state index in [1.807, 2.05) is 20.8 Å². The summed E-state index contributed by atoms with van der Waals surface area (Å²) in [7, 11) is 0. The molecule has 1 atom stereocenters. The summed E-state index contributed by atoms with van der Waals surface area (Å²) in [6, 6.07) is 1.02. The summed E-state index contributed by atoms with van der Waals surface area (Å²) < 4.78 is 5.05. The molecule has 1 aromatic rings. The SMILES string of the molecule is CC(C)(C)c1cc(NC(=O)CNC(C(=O)O)C2CC2)on1. The van der Waals surface area contributed by atoms with Gasteiger partial charge in [-0.2, -0.15) is 0 Å². The van der Waals surface area contributed by atoms with Gasteiger partial charge in [-0.05, 0) is 18.8 Å². The van der Waals surface area contributed by atoms with Crippen molar-refractivity contribution < 1.29 is 19.2 Å². The Morgan fingerprint density at radius 2 is 2.14 bits per heavy atom. The second-order valence-electron chi connectivity index (χ2n) is 6.41. The molecule has 0 aromatic carbocycles. The Hall–Kier alpha value is -1.89. The monoisotopic (exact) mass is 295 g/mol. The number of carboxylic acid groups (broad SMARTS) is 1. The van der Waals surface area contributed by atoms with Crippen molar-refractivity contribution in [1.29, 1.82) is 0 Å². The van der Waals surface area contributed by atoms with Crippen LogP contribution in [-0.2, 0) is 15.0 Å². The second-order valence-corrected chi connectivity index (χ2v) is 6.41. The number of hydrogen-bond acceptors (Lipinski definition) is 5. The van der Waals surface area contributed by atoms with Gasteiger partial charge in [0.2, 0.25) is 11.8 Å². The lowest BCUT2D eigenvalue weighted by molar-refractivity contribution is -0.140. The minimum absolute atomic E-state index is 0.0704. The zero-order valence-electron chi connectivity index (χ0n) is 12.5. The van der Waals surface area contributed by atoms with Gasteiger partial charge in [0.15, 0.2) is 0 Å². The molecule has 1 aliphatic rings. The van der Waals surface area contributed by atoms with Gasteiger partial charge in [0, 0.05) is 11.5 Å². The molecule has 1 aliphatic carbocycles. The third-order valence-corrected chi connectivity index (χ3v) is 3.38. The van der Waals surface area contributed by atoms with Gasteiger partial charge in [-0.25, -0.2) is 0 Å². The Balaban J connectivity index is 1.84. The number of hydrogen-bond donors (Lipinski definition) is 3. The number of nitrogens with zero attached hydrogens (tertiary/aromatic N) is 1. The highest BCUT2D eigenvalue weighted by Crippen LogP contribution is 2.32. The highest BCUT2D eigenvalue weighted by molar-refractivity contribution is 5.91. The number of carbonyl (C=O) groups excluding carboxylic acids is 1. The van der Waals surface area contributed by atoms with Crippen molar-refractivity contribution in [3.8, 4) is 0 Å². The lowest BCUT2D eigenvalue weighted by Gasteiger charge is -2.13. The molecule has 0 saturated heterocycles. The first-order chi connectivity index (χ1) is 9.77. The molecule has 1 aromatic heterocycles. The minimum atomic E-state index is -0.917. The molecule has 1 saturated carbocycles. The van der Waals surface area contributed by atoms with Crippen LogP contribution in [-0.4, -0.2) is 34.7 Å². The van der Waals surface area contributed by atoms with Crippen LogP contribution in [0.15, 0.2) is 10.6 Å². The third kappa shape index (κ3) is 4.29. The standard InChI is InChI=1S/C14H21N3O4/c1-14(2,3)9-6-11(21-17-9)16-10(18)7-15-12(13(19)20)8-4-5-8/h6,8,12,15H,4-5,7H2,1-3H3,(H,16,18)(H,19,20). The predicted octanol–water partition coefficient (Wildman–Crippen LogP) is 1.36. The number of nitrogens with one attached hydrogen (secondary N) is 2. The fraction of sp³-hybridized carbons (Fsp3) is 0.643. The molecule has 21 heavy (non-hydrogen) atoms. The van der Waals surface area contributed by atoms with E-state index in [0.29, 0.717) is 0 Å². The topological polar surface area (TPSA) is 104 Å². The van der Waals surface area contributed by atoms with Crippen LogP contribution in [0.2, 0.25) is 0 Å². The Morgan fingerprint density at radius 3 is 2.62 bits per heavy atom. The summed E-state index contributed by atoms with van der Waals surface area (Å²) >= 11 is 0. The molecule has 1 amide bonds. The van der Waals surface area contributed by atoms with Crippen LogP contribution in [0.1, 0.15) is 39.3 Å². The molecule has 7 nitrogen and oxygen atoms in total. The maximum Gasteiger partial charge on any atom is 0.320 e. The Bertz CT molecular complexity index is 529. The van der Waals surface area contributed by atoms with Crippen LogP contribution in [0.3, 0.4) is 0 Å². The van der Waals surface area contributed by atoms with Crippen LogP contribution in [0.25, 0.3) is 0 Å². The molecule has 3 N–H and O–H groups in total. The number of aromatic nitrogens is 1. The molecule has 1 unspecified atom stereocenters. The van der Waals surface area contributed by atoms with Crippen molar-refractivity contribution in [2.75, 3.05) is 11.9 Å². The molecule has 0 bridgehead atoms. The molecule has 7 heteroatoms. The lowest BCUT2D eigenvalue weighted by Crippen LogP contribution is -2.42. The van der Waals surface area contributed by atoms with Gasteiger partial charge in [0.25, 0.3) is 0 Å². The van der Waals surface area contributed by atoms with E-state index in [2.05, 4.69) is 15.8 Å². The van der Waals surface area contributed by atoms with Crippen molar-refractivity contribution in [2.24, 2.45) is 5.92 Å². The molecule has 0 radical (unpaired) electrons. The average molecular weight is 295 g/mol. The quantitative estimate of drug-likeness (QED) is 0.732. The summed E-state index contributed by atoms with van der Waals surface area (Å²) in [4.78, 5) is 22.8. The molecule has 116 valence electrons. The molecule has 1 fully saturated rings. The second kappa shape index (κ2) is 5.85. The number of carbonyl (C=O) groups is 2. The van der Waals surface area contributed by atoms with Crippen LogP contribution in [0.5, 0.6) is 0 Å². The minimum Gasteiger partial charge on any atom is -0.480 e. The highest BCUT2D eigenvalue weighted by Gasteiger charge is 2.36. The van der Waals surface area contributed by atoms with E-state index >= 15 is 0 Å². The zero-order chi connectivity index (χ0) is 15.6. The summed E-state index contributed by atoms with van der Waals surface area (Å²) in [5.74, 6) is -0.864. The van der Waals surface area contributed by atoms with E-state index in [0.717, 1.165) is 18.5 Å². The Kier molecular flexibility index (Phi) is 4.32. The number of anilines is 1. The van der Waals surface area contributed by atoms with Gasteiger partial charge in [0.05, 0.1) is 12.2 Å². The predicted molar refractivity (Wildman–Crippen MR) is 76.0 cm³/mol. The summed E-state index contributed by atoms with van der Waals surface area (Å²) in [5.41, 5.74) is 0.581. The van der Waals surface area contributed by atoms with E-state index < -0.39 is 12.0 Å². The van der Waals surface area contributed by atoms with Gasteiger partial charge in [-0.3, -0.25) is 20.2 Å². The summed E-state index contributed by atoms with van der Waals surface area (Å²) in [6.45, 7) is 5.90. The summed E-state index contributed by atoms with van der Waals surface area (Å²) in [5, 5.41) is 18.3. The van der Waals surface area contributed by atoms with Crippen molar-refractivity contribution in [3.63, 3.8) is 0 Å². The molecular weight excluding hydrogens is 274 g/mol. The maximum atomic E-state index is 11.8. The lowest BCUT2D eigenvalue weighted by atomic mass is 9.92. The fourth-order valence-electron chi connectivity index (χ4n) is 1.96. The van der Waals surface area contributed by atoms with E-state index in [1.165, 1.54) is 0 Å². The number of amides is 1. The third-order valence-electron chi connectivity index (χ3n) is 3.38. The van der Waals surface area contributed by atoms with Gasteiger partial charge >= 0.3 is 5.97 Å².